The second-order valence-electron chi connectivity index (χ2n) is 8.13. The maximum atomic E-state index is 12.8. The van der Waals surface area contributed by atoms with Crippen molar-refractivity contribution in [1.29, 1.82) is 0 Å². The fourth-order valence-corrected chi connectivity index (χ4v) is 3.66. The maximum Gasteiger partial charge on any atom is 0.227 e. The van der Waals surface area contributed by atoms with Gasteiger partial charge in [0.1, 0.15) is 23.7 Å². The van der Waals surface area contributed by atoms with Gasteiger partial charge in [0.2, 0.25) is 5.91 Å². The molecule has 0 bridgehead atoms. The Morgan fingerprint density at radius 3 is 2.45 bits per heavy atom. The highest BCUT2D eigenvalue weighted by atomic mass is 16.5. The first-order chi connectivity index (χ1) is 13.8. The van der Waals surface area contributed by atoms with Gasteiger partial charge in [-0.15, -0.1) is 0 Å². The van der Waals surface area contributed by atoms with Crippen LogP contribution in [0.2, 0.25) is 0 Å². The number of aliphatic hydroxyl groups is 1. The first-order valence-electron chi connectivity index (χ1n) is 10.1. The number of likely N-dealkylation sites (tertiary alicyclic amines) is 1. The second kappa shape index (κ2) is 8.87. The highest BCUT2D eigenvalue weighted by Gasteiger charge is 2.34. The Labute approximate surface area is 173 Å². The van der Waals surface area contributed by atoms with Crippen LogP contribution in [-0.4, -0.2) is 48.3 Å². The molecule has 0 aliphatic carbocycles. The van der Waals surface area contributed by atoms with Crippen molar-refractivity contribution in [2.24, 2.45) is 0 Å². The topological polar surface area (TPSA) is 59.0 Å². The number of piperidine rings is 1. The first kappa shape index (κ1) is 21.2. The number of rotatable bonds is 6. The Hall–Kier alpha value is -2.53. The van der Waals surface area contributed by atoms with E-state index in [0.29, 0.717) is 32.4 Å². The molecule has 0 atom stereocenters. The minimum absolute atomic E-state index is 0.0611. The molecule has 1 fully saturated rings. The third-order valence-electron chi connectivity index (χ3n) is 5.81. The Bertz CT molecular complexity index is 869. The molecule has 5 nitrogen and oxygen atoms in total. The number of carbonyl (C=O) groups excluding carboxylic acids is 1. The van der Waals surface area contributed by atoms with Crippen LogP contribution >= 0.6 is 0 Å². The lowest BCUT2D eigenvalue weighted by Gasteiger charge is -2.38. The zero-order chi connectivity index (χ0) is 21.0. The molecule has 1 saturated heterocycles. The lowest BCUT2D eigenvalue weighted by molar-refractivity contribution is -0.135. The first-order valence-corrected chi connectivity index (χ1v) is 10.1. The van der Waals surface area contributed by atoms with E-state index in [1.807, 2.05) is 55.1 Å². The van der Waals surface area contributed by atoms with Gasteiger partial charge in [0, 0.05) is 18.7 Å². The Morgan fingerprint density at radius 1 is 1.07 bits per heavy atom. The number of methoxy groups -OCH3 is 1. The number of benzene rings is 2. The number of carbonyl (C=O) groups is 1. The molecular weight excluding hydrogens is 366 g/mol. The smallest absolute Gasteiger partial charge is 0.227 e. The van der Waals surface area contributed by atoms with Gasteiger partial charge in [-0.2, -0.15) is 0 Å². The van der Waals surface area contributed by atoms with Crippen LogP contribution in [-0.2, 0) is 11.2 Å². The van der Waals surface area contributed by atoms with Crippen molar-refractivity contribution in [3.05, 3.63) is 58.7 Å². The van der Waals surface area contributed by atoms with E-state index in [0.717, 1.165) is 22.6 Å². The number of amides is 1. The molecule has 1 aliphatic heterocycles. The minimum atomic E-state index is -0.906. The molecule has 0 spiro atoms. The Morgan fingerprint density at radius 2 is 1.79 bits per heavy atom. The standard InChI is InChI=1S/C24H31NO4/c1-17-5-8-22(28-4)20(13-17)15-23(26)25-11-9-24(27,10-12-25)16-29-21-7-6-18(2)19(3)14-21/h5-8,13-14,27H,9-12,15-16H2,1-4H3. The molecule has 1 N–H and O–H groups in total. The quantitative estimate of drug-likeness (QED) is 0.809. The number of aryl methyl sites for hydroxylation is 3. The molecular formula is C24H31NO4. The Balaban J connectivity index is 1.54. The zero-order valence-electron chi connectivity index (χ0n) is 17.8. The monoisotopic (exact) mass is 397 g/mol. The van der Waals surface area contributed by atoms with E-state index in [-0.39, 0.29) is 12.5 Å². The van der Waals surface area contributed by atoms with Crippen LogP contribution in [0.3, 0.4) is 0 Å². The molecule has 2 aromatic carbocycles. The van der Waals surface area contributed by atoms with Crippen LogP contribution in [0.5, 0.6) is 11.5 Å². The third kappa shape index (κ3) is 5.30. The molecule has 0 radical (unpaired) electrons. The summed E-state index contributed by atoms with van der Waals surface area (Å²) in [4.78, 5) is 14.6. The van der Waals surface area contributed by atoms with Crippen LogP contribution < -0.4 is 9.47 Å². The van der Waals surface area contributed by atoms with Gasteiger partial charge in [-0.3, -0.25) is 4.79 Å². The van der Waals surface area contributed by atoms with E-state index < -0.39 is 5.60 Å². The van der Waals surface area contributed by atoms with E-state index in [1.54, 1.807) is 7.11 Å². The summed E-state index contributed by atoms with van der Waals surface area (Å²) >= 11 is 0. The van der Waals surface area contributed by atoms with Gasteiger partial charge in [0.25, 0.3) is 0 Å². The fraction of sp³-hybridized carbons (Fsp3) is 0.458. The van der Waals surface area contributed by atoms with Crippen LogP contribution in [0, 0.1) is 20.8 Å². The number of hydrogen-bond acceptors (Lipinski definition) is 4. The van der Waals surface area contributed by atoms with Gasteiger partial charge in [-0.05, 0) is 62.9 Å². The van der Waals surface area contributed by atoms with Crippen molar-refractivity contribution in [2.75, 3.05) is 26.8 Å². The van der Waals surface area contributed by atoms with Crippen molar-refractivity contribution < 1.29 is 19.4 Å². The lowest BCUT2D eigenvalue weighted by atomic mass is 9.92. The van der Waals surface area contributed by atoms with Gasteiger partial charge >= 0.3 is 0 Å². The van der Waals surface area contributed by atoms with Crippen molar-refractivity contribution in [1.82, 2.24) is 4.90 Å². The van der Waals surface area contributed by atoms with Crippen LogP contribution in [0.1, 0.15) is 35.1 Å². The van der Waals surface area contributed by atoms with E-state index >= 15 is 0 Å². The Kier molecular flexibility index (Phi) is 6.48. The fourth-order valence-electron chi connectivity index (χ4n) is 3.66. The molecule has 29 heavy (non-hydrogen) atoms. The summed E-state index contributed by atoms with van der Waals surface area (Å²) in [6.45, 7) is 7.41. The molecule has 156 valence electrons. The van der Waals surface area contributed by atoms with Crippen molar-refractivity contribution in [2.45, 2.75) is 45.6 Å². The van der Waals surface area contributed by atoms with Crippen molar-refractivity contribution in [3.8, 4) is 11.5 Å². The van der Waals surface area contributed by atoms with Crippen LogP contribution in [0.15, 0.2) is 36.4 Å². The average Bonchev–Trinajstić information content (AvgIpc) is 2.70. The van der Waals surface area contributed by atoms with Crippen molar-refractivity contribution >= 4 is 5.91 Å². The van der Waals surface area contributed by atoms with E-state index in [2.05, 4.69) is 6.92 Å². The number of ether oxygens (including phenoxy) is 2. The molecule has 1 aliphatic rings. The normalized spacial score (nSPS) is 15.8. The van der Waals surface area contributed by atoms with Crippen LogP contribution in [0.4, 0.5) is 0 Å². The summed E-state index contributed by atoms with van der Waals surface area (Å²) in [6.07, 6.45) is 1.32. The third-order valence-corrected chi connectivity index (χ3v) is 5.81. The molecule has 1 amide bonds. The summed E-state index contributed by atoms with van der Waals surface area (Å²) < 4.78 is 11.2. The molecule has 1 heterocycles. The summed E-state index contributed by atoms with van der Waals surface area (Å²) in [5.41, 5.74) is 3.48. The van der Waals surface area contributed by atoms with E-state index in [1.165, 1.54) is 11.1 Å². The highest BCUT2D eigenvalue weighted by molar-refractivity contribution is 5.79. The molecule has 0 aromatic heterocycles. The highest BCUT2D eigenvalue weighted by Crippen LogP contribution is 2.26. The average molecular weight is 398 g/mol. The lowest BCUT2D eigenvalue weighted by Crippen LogP contribution is -2.49. The van der Waals surface area contributed by atoms with Crippen LogP contribution in [0.25, 0.3) is 0 Å². The summed E-state index contributed by atoms with van der Waals surface area (Å²) in [6, 6.07) is 11.8. The second-order valence-corrected chi connectivity index (χ2v) is 8.13. The number of hydrogen-bond donors (Lipinski definition) is 1. The predicted octanol–water partition coefficient (Wildman–Crippen LogP) is 3.60. The molecule has 2 aromatic rings. The molecule has 3 rings (SSSR count). The molecule has 5 heteroatoms. The van der Waals surface area contributed by atoms with Gasteiger partial charge in [-0.25, -0.2) is 0 Å². The summed E-state index contributed by atoms with van der Waals surface area (Å²) in [7, 11) is 1.62. The predicted molar refractivity (Wildman–Crippen MR) is 114 cm³/mol. The zero-order valence-corrected chi connectivity index (χ0v) is 17.8. The SMILES string of the molecule is COc1ccc(C)cc1CC(=O)N1CCC(O)(COc2ccc(C)c(C)c2)CC1. The van der Waals surface area contributed by atoms with Crippen molar-refractivity contribution in [3.63, 3.8) is 0 Å². The van der Waals surface area contributed by atoms with E-state index in [9.17, 15) is 9.90 Å². The minimum Gasteiger partial charge on any atom is -0.496 e. The summed E-state index contributed by atoms with van der Waals surface area (Å²) in [5, 5.41) is 10.9. The van der Waals surface area contributed by atoms with Gasteiger partial charge in [0.05, 0.1) is 13.5 Å². The van der Waals surface area contributed by atoms with Gasteiger partial charge in [0.15, 0.2) is 0 Å². The maximum absolute atomic E-state index is 12.8. The number of nitrogens with zero attached hydrogens (tertiary/aromatic N) is 1. The largest absolute Gasteiger partial charge is 0.496 e. The molecule has 0 unspecified atom stereocenters. The van der Waals surface area contributed by atoms with Gasteiger partial charge < -0.3 is 19.5 Å². The van der Waals surface area contributed by atoms with E-state index in [4.69, 9.17) is 9.47 Å². The van der Waals surface area contributed by atoms with Gasteiger partial charge in [-0.1, -0.05) is 23.8 Å². The summed E-state index contributed by atoms with van der Waals surface area (Å²) in [5.74, 6) is 1.57. The molecule has 0 saturated carbocycles.